The second-order valence-electron chi connectivity index (χ2n) is 35.4. The third kappa shape index (κ3) is 21.0. The van der Waals surface area contributed by atoms with E-state index < -0.39 is 35.0 Å². The molecule has 3 aromatic rings. The third-order valence-electron chi connectivity index (χ3n) is 25.6. The van der Waals surface area contributed by atoms with Gasteiger partial charge in [-0.25, -0.2) is 0 Å². The molecule has 12 unspecified atom stereocenters. The zero-order valence-corrected chi connectivity index (χ0v) is 67.9. The largest absolute Gasteiger partial charge is 0.494 e. The lowest BCUT2D eigenvalue weighted by molar-refractivity contribution is -0.250. The van der Waals surface area contributed by atoms with E-state index in [-0.39, 0.29) is 129 Å². The van der Waals surface area contributed by atoms with Gasteiger partial charge in [0.1, 0.15) is 53.9 Å². The van der Waals surface area contributed by atoms with Gasteiger partial charge in [0, 0.05) is 55.9 Å². The fourth-order valence-electron chi connectivity index (χ4n) is 20.1. The molecule has 0 N–H and O–H groups in total. The molecule has 11 saturated carbocycles. The highest BCUT2D eigenvalue weighted by Crippen LogP contribution is 2.65. The zero-order valence-electron chi connectivity index (χ0n) is 67.9. The van der Waals surface area contributed by atoms with Gasteiger partial charge in [-0.2, -0.15) is 0 Å². The third-order valence-corrected chi connectivity index (χ3v) is 25.6. The Morgan fingerprint density at radius 3 is 1.62 bits per heavy atom. The monoisotopic (exact) mass is 1530 g/mol. The van der Waals surface area contributed by atoms with E-state index in [0.29, 0.717) is 81.9 Å². The van der Waals surface area contributed by atoms with Crippen LogP contribution in [-0.4, -0.2) is 129 Å². The van der Waals surface area contributed by atoms with Crippen molar-refractivity contribution in [1.29, 1.82) is 0 Å². The highest BCUT2D eigenvalue weighted by Gasteiger charge is 2.76. The summed E-state index contributed by atoms with van der Waals surface area (Å²) in [5, 5.41) is 0. The van der Waals surface area contributed by atoms with Crippen LogP contribution in [0.5, 0.6) is 17.2 Å². The molecule has 19 heteroatoms. The SMILES string of the molecule is C.C.CCC(C)(C)C(=O)OC1C2CC3C1OC(=O)C3(C(=O)OCCOc1ccc(COC)cc1)C2.CCC(C)C(=O)OC12CC3CC(C1)CC(OC1CCC(Oc4c(COC(C)C)cc(C)cc4COC(C)C)CC1)(C3)C2.CCOC(C)c1ccc(OCCCOC23CC4CC(C2)CC(OC(=O)C(C)CC)(C4)C3)cc1. The van der Waals surface area contributed by atoms with E-state index in [2.05, 4.69) is 72.7 Å². The summed E-state index contributed by atoms with van der Waals surface area (Å²) >= 11 is 0. The molecule has 1 saturated heterocycles. The van der Waals surface area contributed by atoms with Crippen molar-refractivity contribution in [1.82, 2.24) is 0 Å². The molecule has 11 aliphatic carbocycles. The van der Waals surface area contributed by atoms with Gasteiger partial charge in [0.25, 0.3) is 0 Å². The number of hydrogen-bond donors (Lipinski definition) is 0. The predicted octanol–water partition coefficient (Wildman–Crippen LogP) is 18.8. The van der Waals surface area contributed by atoms with Crippen molar-refractivity contribution in [3.8, 4) is 17.2 Å². The number of benzene rings is 3. The average molecular weight is 1540 g/mol. The molecule has 3 aromatic carbocycles. The van der Waals surface area contributed by atoms with Crippen LogP contribution in [0.2, 0.25) is 0 Å². The highest BCUT2D eigenvalue weighted by atomic mass is 16.6. The quantitative estimate of drug-likeness (QED) is 0.0232. The number of aryl methyl sites for hydroxylation is 1. The summed E-state index contributed by atoms with van der Waals surface area (Å²) in [5.41, 5.74) is 2.87. The van der Waals surface area contributed by atoms with Crippen molar-refractivity contribution in [2.45, 2.75) is 338 Å². The van der Waals surface area contributed by atoms with E-state index in [1.807, 2.05) is 84.9 Å². The van der Waals surface area contributed by atoms with Crippen LogP contribution in [0.3, 0.4) is 0 Å². The lowest BCUT2D eigenvalue weighted by Crippen LogP contribution is -2.62. The number of hydrogen-bond acceptors (Lipinski definition) is 19. The van der Waals surface area contributed by atoms with E-state index in [9.17, 15) is 24.0 Å². The summed E-state index contributed by atoms with van der Waals surface area (Å²) in [6.45, 7) is 32.0. The van der Waals surface area contributed by atoms with Crippen molar-refractivity contribution in [3.63, 3.8) is 0 Å². The van der Waals surface area contributed by atoms with Crippen LogP contribution in [0.15, 0.2) is 60.7 Å². The first-order valence-corrected chi connectivity index (χ1v) is 41.5. The van der Waals surface area contributed by atoms with Crippen molar-refractivity contribution in [3.05, 3.63) is 88.5 Å². The second-order valence-corrected chi connectivity index (χ2v) is 35.4. The molecule has 616 valence electrons. The van der Waals surface area contributed by atoms with Crippen molar-refractivity contribution < 1.29 is 90.3 Å². The summed E-state index contributed by atoms with van der Waals surface area (Å²) < 4.78 is 84.1. The van der Waals surface area contributed by atoms with E-state index in [4.69, 9.17) is 66.3 Å². The number of esters is 5. The Hall–Kier alpha value is -5.83. The van der Waals surface area contributed by atoms with Crippen molar-refractivity contribution >= 4 is 29.8 Å². The van der Waals surface area contributed by atoms with Crippen LogP contribution < -0.4 is 14.2 Å². The Morgan fingerprint density at radius 2 is 1.10 bits per heavy atom. The van der Waals surface area contributed by atoms with Gasteiger partial charge >= 0.3 is 29.8 Å². The smallest absolute Gasteiger partial charge is 0.324 e. The average Bonchev–Trinajstić information content (AvgIpc) is 1.47. The van der Waals surface area contributed by atoms with Crippen LogP contribution in [0.25, 0.3) is 0 Å². The summed E-state index contributed by atoms with van der Waals surface area (Å²) in [6, 6.07) is 20.0. The van der Waals surface area contributed by atoms with Gasteiger partial charge in [-0.1, -0.05) is 91.4 Å². The van der Waals surface area contributed by atoms with Crippen LogP contribution in [0.4, 0.5) is 0 Å². The summed E-state index contributed by atoms with van der Waals surface area (Å²) in [4.78, 5) is 63.8. The summed E-state index contributed by atoms with van der Waals surface area (Å²) in [6.07, 6.45) is 20.7. The lowest BCUT2D eigenvalue weighted by atomic mass is 9.52. The van der Waals surface area contributed by atoms with Crippen molar-refractivity contribution in [2.75, 3.05) is 40.1 Å². The highest BCUT2D eigenvalue weighted by molar-refractivity contribution is 6.03. The van der Waals surface area contributed by atoms with E-state index in [1.165, 1.54) is 18.4 Å². The molecule has 0 aromatic heterocycles. The topological polar surface area (TPSA) is 215 Å². The molecule has 12 fully saturated rings. The first-order chi connectivity index (χ1) is 51.5. The first kappa shape index (κ1) is 88.1. The molecule has 15 rings (SSSR count). The molecule has 110 heavy (non-hydrogen) atoms. The van der Waals surface area contributed by atoms with Gasteiger partial charge in [0.15, 0.2) is 5.41 Å². The van der Waals surface area contributed by atoms with Crippen LogP contribution in [0.1, 0.15) is 280 Å². The minimum atomic E-state index is -1.29. The van der Waals surface area contributed by atoms with Gasteiger partial charge in [-0.05, 0) is 243 Å². The number of carbonyl (C=O) groups is 5. The molecular weight excluding hydrogens is 1400 g/mol. The minimum Gasteiger partial charge on any atom is -0.494 e. The molecule has 19 nitrogen and oxygen atoms in total. The number of methoxy groups -OCH3 is 1. The fraction of sp³-hybridized carbons (Fsp3) is 0.747. The van der Waals surface area contributed by atoms with Crippen molar-refractivity contribution in [2.24, 2.45) is 58.2 Å². The number of carbonyl (C=O) groups excluding carboxylic acids is 5. The van der Waals surface area contributed by atoms with Crippen LogP contribution in [0, 0.1) is 65.1 Å². The second kappa shape index (κ2) is 38.1. The van der Waals surface area contributed by atoms with Crippen LogP contribution >= 0.6 is 0 Å². The van der Waals surface area contributed by atoms with Crippen LogP contribution in [-0.2, 0) is 95.9 Å². The Bertz CT molecular complexity index is 3420. The molecule has 0 radical (unpaired) electrons. The number of fused-ring (bicyclic) bond motifs is 1. The van der Waals surface area contributed by atoms with E-state index in [1.54, 1.807) is 7.11 Å². The molecule has 1 aliphatic heterocycles. The Morgan fingerprint density at radius 1 is 0.591 bits per heavy atom. The van der Waals surface area contributed by atoms with E-state index in [0.717, 1.165) is 143 Å². The summed E-state index contributed by atoms with van der Waals surface area (Å²) in [7, 11) is 1.64. The molecule has 10 bridgehead atoms. The van der Waals surface area contributed by atoms with Gasteiger partial charge in [0.05, 0.1) is 92.0 Å². The van der Waals surface area contributed by atoms with Gasteiger partial charge in [0.2, 0.25) is 0 Å². The fourth-order valence-corrected chi connectivity index (χ4v) is 20.1. The van der Waals surface area contributed by atoms with Gasteiger partial charge < -0.3 is 66.3 Å². The van der Waals surface area contributed by atoms with Gasteiger partial charge in [-0.15, -0.1) is 0 Å². The maximum absolute atomic E-state index is 13.0. The molecular formula is C91H138O19. The Kier molecular flexibility index (Phi) is 30.5. The molecule has 0 amide bonds. The molecule has 12 aliphatic rings. The van der Waals surface area contributed by atoms with E-state index >= 15 is 0 Å². The predicted molar refractivity (Wildman–Crippen MR) is 422 cm³/mol. The molecule has 0 spiro atoms. The first-order valence-electron chi connectivity index (χ1n) is 41.5. The maximum Gasteiger partial charge on any atom is 0.324 e. The zero-order chi connectivity index (χ0) is 77.3. The Labute approximate surface area is 659 Å². The lowest BCUT2D eigenvalue weighted by Gasteiger charge is -2.61. The number of rotatable bonds is 35. The molecule has 12 atom stereocenters. The normalized spacial score (nSPS) is 31.0. The summed E-state index contributed by atoms with van der Waals surface area (Å²) in [5.74, 6) is 3.05. The van der Waals surface area contributed by atoms with Gasteiger partial charge in [-0.3, -0.25) is 24.0 Å². The number of ether oxygens (including phenoxy) is 14. The maximum atomic E-state index is 13.0. The minimum absolute atomic E-state index is 0. The standard InChI is InChI=1S/C36H56O6.C28H42O5.C25H32O8.2CH4/c1-8-26(7)34(37)42-36-18-27-15-28(19-36)17-35(16-27,22-36)41-32-11-9-31(10-12-32)40-33-29(20-38-23(2)3)13-25(6)14-30(33)21-39-24(4)5;1-5-20(3)26(29)33-28-17-22-14-23(18-28)16-27(15-22,19-28)32-13-7-12-31-25-10-8-24(9-11-25)21(4)30-6-2;1-5-24(2,3)21(26)32-19-16-12-18-20(19)33-23(28)25(18,13-16)22(27)31-11-10-30-17-8-6-15(7-9-17)14-29-4;;/h13-14,23-24,26-28,31-32H,8-12,15-22H2,1-7H3;8-11,20-23H,5-7,12-19H2,1-4H3;6-9,16,18-20H,5,10-14H2,1-4H3;2*1H4. The molecule has 1 heterocycles. The Balaban J connectivity index is 0.000000190.